The number of rotatable bonds is 5. The molecular formula is C32H35FN6O4. The average molecular weight is 587 g/mol. The Morgan fingerprint density at radius 1 is 1.19 bits per heavy atom. The van der Waals surface area contributed by atoms with Gasteiger partial charge in [0.1, 0.15) is 11.5 Å². The number of aryl methyl sites for hydroxylation is 1. The number of piperidine rings is 1. The van der Waals surface area contributed by atoms with Crippen LogP contribution in [-0.4, -0.2) is 43.4 Å². The highest BCUT2D eigenvalue weighted by atomic mass is 19.1. The molecule has 1 aliphatic heterocycles. The van der Waals surface area contributed by atoms with Crippen LogP contribution in [0.5, 0.6) is 0 Å². The number of aliphatic hydroxyl groups is 1. The molecule has 0 radical (unpaired) electrons. The van der Waals surface area contributed by atoms with E-state index in [9.17, 15) is 19.5 Å². The van der Waals surface area contributed by atoms with Crippen molar-refractivity contribution in [1.29, 1.82) is 0 Å². The van der Waals surface area contributed by atoms with Crippen molar-refractivity contribution >= 4 is 22.4 Å². The Kier molecular flexibility index (Phi) is 7.05. The first-order valence-corrected chi connectivity index (χ1v) is 14.5. The Bertz CT molecular complexity index is 1880. The van der Waals surface area contributed by atoms with Gasteiger partial charge in [0, 0.05) is 41.9 Å². The number of halogens is 1. The van der Waals surface area contributed by atoms with E-state index < -0.39 is 18.0 Å². The van der Waals surface area contributed by atoms with Crippen LogP contribution in [0, 0.1) is 17.2 Å². The second kappa shape index (κ2) is 10.5. The topological polar surface area (TPSA) is 131 Å². The summed E-state index contributed by atoms with van der Waals surface area (Å²) in [6.45, 7) is 7.12. The molecule has 1 amide bonds. The van der Waals surface area contributed by atoms with Crippen molar-refractivity contribution in [2.45, 2.75) is 52.1 Å². The summed E-state index contributed by atoms with van der Waals surface area (Å²) in [5.74, 6) is -0.922. The van der Waals surface area contributed by atoms with Crippen molar-refractivity contribution in [1.82, 2.24) is 24.6 Å². The molecule has 0 bridgehead atoms. The number of nitrogens with zero attached hydrogens (tertiary/aromatic N) is 4. The van der Waals surface area contributed by atoms with E-state index in [2.05, 4.69) is 20.7 Å². The quantitative estimate of drug-likeness (QED) is 0.327. The first kappa shape index (κ1) is 28.9. The minimum Gasteiger partial charge on any atom is -0.392 e. The summed E-state index contributed by atoms with van der Waals surface area (Å²) in [7, 11) is 1.58. The molecule has 6 rings (SSSR count). The molecule has 2 fully saturated rings. The molecule has 1 atom stereocenters. The smallest absolute Gasteiger partial charge is 0.283 e. The number of hydrogen-bond donors (Lipinski definition) is 3. The van der Waals surface area contributed by atoms with Crippen LogP contribution >= 0.6 is 0 Å². The third-order valence-corrected chi connectivity index (χ3v) is 8.95. The Labute approximate surface area is 247 Å². The summed E-state index contributed by atoms with van der Waals surface area (Å²) in [5.41, 5.74) is 0.730. The molecule has 1 aromatic carbocycles. The standard InChI is InChI=1S/C32H35FN6O4/c1-31(2,3)20-11-18-15-36-39(30(43)26(18)24(33)13-20)27-22(17-40)21(5-8-35-27)19-12-25(29(42)38(4)16-19)37-28(41)23-14-32(23)6-9-34-10-7-32/h5,8,11-13,15-16,23,34,40H,6-7,9-10,14,17H2,1-4H3,(H,37,41). The highest BCUT2D eigenvalue weighted by Crippen LogP contribution is 2.58. The number of hydrogen-bond acceptors (Lipinski definition) is 7. The number of carbonyl (C=O) groups excluding carboxylic acids is 1. The summed E-state index contributed by atoms with van der Waals surface area (Å²) >= 11 is 0. The van der Waals surface area contributed by atoms with E-state index in [0.29, 0.717) is 16.5 Å². The van der Waals surface area contributed by atoms with Crippen LogP contribution in [-0.2, 0) is 23.9 Å². The van der Waals surface area contributed by atoms with E-state index in [1.165, 1.54) is 23.0 Å². The van der Waals surface area contributed by atoms with Gasteiger partial charge in [-0.05, 0) is 78.6 Å². The van der Waals surface area contributed by atoms with Gasteiger partial charge in [-0.1, -0.05) is 20.8 Å². The van der Waals surface area contributed by atoms with Crippen molar-refractivity contribution in [3.8, 4) is 16.9 Å². The summed E-state index contributed by atoms with van der Waals surface area (Å²) in [6, 6.07) is 6.33. The zero-order chi connectivity index (χ0) is 30.7. The zero-order valence-corrected chi connectivity index (χ0v) is 24.7. The highest BCUT2D eigenvalue weighted by Gasteiger charge is 2.57. The zero-order valence-electron chi connectivity index (χ0n) is 24.7. The van der Waals surface area contributed by atoms with Crippen LogP contribution in [0.4, 0.5) is 10.1 Å². The fourth-order valence-electron chi connectivity index (χ4n) is 6.27. The van der Waals surface area contributed by atoms with Gasteiger partial charge < -0.3 is 20.3 Å². The average Bonchev–Trinajstić information content (AvgIpc) is 3.67. The van der Waals surface area contributed by atoms with Gasteiger partial charge in [0.15, 0.2) is 5.82 Å². The fraction of sp³-hybridized carbons (Fsp3) is 0.406. The lowest BCUT2D eigenvalue weighted by atomic mass is 9.86. The Morgan fingerprint density at radius 3 is 2.63 bits per heavy atom. The number of pyridine rings is 2. The molecule has 1 saturated heterocycles. The van der Waals surface area contributed by atoms with Crippen LogP contribution < -0.4 is 21.8 Å². The lowest BCUT2D eigenvalue weighted by molar-refractivity contribution is -0.118. The molecule has 4 aromatic rings. The van der Waals surface area contributed by atoms with Crippen LogP contribution in [0.1, 0.15) is 51.2 Å². The van der Waals surface area contributed by atoms with Crippen molar-refractivity contribution in [3.63, 3.8) is 0 Å². The summed E-state index contributed by atoms with van der Waals surface area (Å²) in [4.78, 5) is 44.0. The Morgan fingerprint density at radius 2 is 1.93 bits per heavy atom. The van der Waals surface area contributed by atoms with E-state index in [4.69, 9.17) is 0 Å². The third-order valence-electron chi connectivity index (χ3n) is 8.95. The number of aromatic nitrogens is 4. The van der Waals surface area contributed by atoms with Gasteiger partial charge in [-0.15, -0.1) is 0 Å². The Hall–Kier alpha value is -4.22. The highest BCUT2D eigenvalue weighted by molar-refractivity contribution is 5.95. The largest absolute Gasteiger partial charge is 0.392 e. The number of anilines is 1. The van der Waals surface area contributed by atoms with Gasteiger partial charge in [-0.3, -0.25) is 14.4 Å². The number of benzene rings is 1. The second-order valence-corrected chi connectivity index (χ2v) is 12.8. The molecule has 43 heavy (non-hydrogen) atoms. The second-order valence-electron chi connectivity index (χ2n) is 12.8. The van der Waals surface area contributed by atoms with E-state index in [1.54, 1.807) is 31.4 Å². The van der Waals surface area contributed by atoms with Gasteiger partial charge in [-0.25, -0.2) is 9.37 Å². The van der Waals surface area contributed by atoms with Crippen molar-refractivity contribution in [2.24, 2.45) is 18.4 Å². The maximum atomic E-state index is 15.3. The maximum Gasteiger partial charge on any atom is 0.283 e. The number of carbonyl (C=O) groups is 1. The molecule has 1 aliphatic carbocycles. The molecular weight excluding hydrogens is 551 g/mol. The molecule has 2 aliphatic rings. The first-order chi connectivity index (χ1) is 20.4. The van der Waals surface area contributed by atoms with E-state index in [-0.39, 0.29) is 50.7 Å². The normalized spacial score (nSPS) is 17.8. The number of fused-ring (bicyclic) bond motifs is 1. The predicted molar refractivity (Wildman–Crippen MR) is 162 cm³/mol. The van der Waals surface area contributed by atoms with Gasteiger partial charge in [0.05, 0.1) is 18.2 Å². The van der Waals surface area contributed by atoms with Crippen LogP contribution in [0.3, 0.4) is 0 Å². The third kappa shape index (κ3) is 5.06. The van der Waals surface area contributed by atoms with Crippen LogP contribution in [0.2, 0.25) is 0 Å². The lowest BCUT2D eigenvalue weighted by Gasteiger charge is -2.23. The van der Waals surface area contributed by atoms with Crippen molar-refractivity contribution < 1.29 is 14.3 Å². The first-order valence-electron chi connectivity index (χ1n) is 14.5. The van der Waals surface area contributed by atoms with Gasteiger partial charge >= 0.3 is 0 Å². The molecule has 11 heteroatoms. The number of amides is 1. The fourth-order valence-corrected chi connectivity index (χ4v) is 6.27. The lowest BCUT2D eigenvalue weighted by Crippen LogP contribution is -2.32. The molecule has 3 aromatic heterocycles. The number of aliphatic hydroxyl groups excluding tert-OH is 1. The molecule has 1 saturated carbocycles. The van der Waals surface area contributed by atoms with Crippen molar-refractivity contribution in [3.05, 3.63) is 80.5 Å². The van der Waals surface area contributed by atoms with E-state index in [1.807, 2.05) is 20.8 Å². The maximum absolute atomic E-state index is 15.3. The SMILES string of the molecule is Cn1cc(-c2ccnc(-n3ncc4cc(C(C)(C)C)cc(F)c4c3=O)c2CO)cc(NC(=O)C2CC23CCNCC3)c1=O. The minimum atomic E-state index is -0.709. The van der Waals surface area contributed by atoms with E-state index in [0.717, 1.165) is 42.6 Å². The molecule has 10 nitrogen and oxygen atoms in total. The van der Waals surface area contributed by atoms with Crippen LogP contribution in [0.25, 0.3) is 27.7 Å². The summed E-state index contributed by atoms with van der Waals surface area (Å²) < 4.78 is 17.6. The Balaban J connectivity index is 1.39. The molecule has 224 valence electrons. The monoisotopic (exact) mass is 586 g/mol. The molecule has 1 unspecified atom stereocenters. The van der Waals surface area contributed by atoms with E-state index >= 15 is 4.39 Å². The molecule has 3 N–H and O–H groups in total. The molecule has 1 spiro atoms. The van der Waals surface area contributed by atoms with Crippen molar-refractivity contribution in [2.75, 3.05) is 18.4 Å². The minimum absolute atomic E-state index is 0.0101. The summed E-state index contributed by atoms with van der Waals surface area (Å²) in [6.07, 6.45) is 7.15. The van der Waals surface area contributed by atoms with Crippen LogP contribution in [0.15, 0.2) is 52.4 Å². The van der Waals surface area contributed by atoms with Gasteiger partial charge in [-0.2, -0.15) is 9.78 Å². The predicted octanol–water partition coefficient (Wildman–Crippen LogP) is 3.40. The summed E-state index contributed by atoms with van der Waals surface area (Å²) in [5, 5.41) is 21.2. The molecule has 4 heterocycles. The number of nitrogens with one attached hydrogen (secondary N) is 2. The van der Waals surface area contributed by atoms with Gasteiger partial charge in [0.2, 0.25) is 5.91 Å². The van der Waals surface area contributed by atoms with Gasteiger partial charge in [0.25, 0.3) is 11.1 Å².